The van der Waals surface area contributed by atoms with E-state index in [9.17, 15) is 8.42 Å². The van der Waals surface area contributed by atoms with E-state index in [1.165, 1.54) is 0 Å². The smallest absolute Gasteiger partial charge is 0.240 e. The first-order valence-corrected chi connectivity index (χ1v) is 10.9. The Kier molecular flexibility index (Phi) is 6.47. The Balaban J connectivity index is 1.86. The number of morpholine rings is 1. The van der Waals surface area contributed by atoms with Crippen LogP contribution in [0.1, 0.15) is 18.5 Å². The number of sulfonamides is 1. The minimum atomic E-state index is -3.61. The Bertz CT molecular complexity index is 824. The number of hydrogen-bond acceptors (Lipinski definition) is 4. The summed E-state index contributed by atoms with van der Waals surface area (Å²) >= 11 is 3.33. The van der Waals surface area contributed by atoms with Gasteiger partial charge in [0.1, 0.15) is 0 Å². The standard InChI is InChI=1S/C19H23BrN2O3S/c1-15(21-26(23,24)18-9-5-8-17(20)14-18)19(16-6-3-2-4-7-16)22-10-12-25-13-11-22/h2-9,14-15,19,21H,10-13H2,1H3/t15-,19-/m0/s1. The molecule has 1 heterocycles. The highest BCUT2D eigenvalue weighted by Gasteiger charge is 2.30. The van der Waals surface area contributed by atoms with Gasteiger partial charge in [0.15, 0.2) is 0 Å². The summed E-state index contributed by atoms with van der Waals surface area (Å²) in [5, 5.41) is 0. The van der Waals surface area contributed by atoms with E-state index in [0.717, 1.165) is 23.1 Å². The third kappa shape index (κ3) is 4.72. The van der Waals surface area contributed by atoms with Crippen LogP contribution in [0, 0.1) is 0 Å². The van der Waals surface area contributed by atoms with Gasteiger partial charge in [-0.1, -0.05) is 52.3 Å². The number of hydrogen-bond donors (Lipinski definition) is 1. The Labute approximate surface area is 163 Å². The number of halogens is 1. The molecule has 26 heavy (non-hydrogen) atoms. The van der Waals surface area contributed by atoms with Gasteiger partial charge in [-0.05, 0) is 30.7 Å². The minimum absolute atomic E-state index is 0.0537. The highest BCUT2D eigenvalue weighted by Crippen LogP contribution is 2.27. The van der Waals surface area contributed by atoms with Crippen LogP contribution in [0.15, 0.2) is 64.0 Å². The summed E-state index contributed by atoms with van der Waals surface area (Å²) in [7, 11) is -3.61. The van der Waals surface area contributed by atoms with E-state index < -0.39 is 10.0 Å². The normalized spacial score (nSPS) is 18.4. The molecule has 1 fully saturated rings. The molecular formula is C19H23BrN2O3S. The molecule has 3 rings (SSSR count). The van der Waals surface area contributed by atoms with E-state index >= 15 is 0 Å². The van der Waals surface area contributed by atoms with Crippen molar-refractivity contribution in [2.45, 2.75) is 23.9 Å². The fraction of sp³-hybridized carbons (Fsp3) is 0.368. The van der Waals surface area contributed by atoms with Crippen molar-refractivity contribution >= 4 is 26.0 Å². The molecule has 0 radical (unpaired) electrons. The Morgan fingerprint density at radius 3 is 2.42 bits per heavy atom. The molecule has 1 N–H and O–H groups in total. The summed E-state index contributed by atoms with van der Waals surface area (Å²) in [6.07, 6.45) is 0. The van der Waals surface area contributed by atoms with Crippen molar-refractivity contribution < 1.29 is 13.2 Å². The maximum absolute atomic E-state index is 12.8. The SMILES string of the molecule is C[C@H](NS(=O)(=O)c1cccc(Br)c1)[C@@H](c1ccccc1)N1CCOCC1. The molecule has 5 nitrogen and oxygen atoms in total. The van der Waals surface area contributed by atoms with E-state index in [4.69, 9.17) is 4.74 Å². The van der Waals surface area contributed by atoms with Crippen LogP contribution in [-0.2, 0) is 14.8 Å². The van der Waals surface area contributed by atoms with Gasteiger partial charge in [-0.3, -0.25) is 4.90 Å². The fourth-order valence-corrected chi connectivity index (χ4v) is 5.18. The van der Waals surface area contributed by atoms with Crippen LogP contribution in [0.25, 0.3) is 0 Å². The van der Waals surface area contributed by atoms with Gasteiger partial charge in [-0.25, -0.2) is 13.1 Å². The van der Waals surface area contributed by atoms with Crippen molar-refractivity contribution in [2.24, 2.45) is 0 Å². The Morgan fingerprint density at radius 1 is 1.08 bits per heavy atom. The van der Waals surface area contributed by atoms with Crippen LogP contribution in [0.3, 0.4) is 0 Å². The van der Waals surface area contributed by atoms with Crippen molar-refractivity contribution in [3.05, 3.63) is 64.6 Å². The van der Waals surface area contributed by atoms with Gasteiger partial charge in [0.05, 0.1) is 24.2 Å². The van der Waals surface area contributed by atoms with Crippen molar-refractivity contribution in [2.75, 3.05) is 26.3 Å². The molecule has 140 valence electrons. The maximum Gasteiger partial charge on any atom is 0.240 e. The third-order valence-electron chi connectivity index (χ3n) is 4.50. The van der Waals surface area contributed by atoms with Gasteiger partial charge in [0.2, 0.25) is 10.0 Å². The van der Waals surface area contributed by atoms with Crippen LogP contribution in [0.2, 0.25) is 0 Å². The number of ether oxygens (including phenoxy) is 1. The zero-order valence-corrected chi connectivity index (χ0v) is 17.0. The maximum atomic E-state index is 12.8. The van der Waals surface area contributed by atoms with Gasteiger partial charge in [0, 0.05) is 23.6 Å². The summed E-state index contributed by atoms with van der Waals surface area (Å²) in [6.45, 7) is 4.80. The molecule has 1 saturated heterocycles. The second-order valence-electron chi connectivity index (χ2n) is 6.37. The van der Waals surface area contributed by atoms with Crippen LogP contribution in [-0.4, -0.2) is 45.7 Å². The van der Waals surface area contributed by atoms with E-state index in [2.05, 4.69) is 25.6 Å². The number of nitrogens with one attached hydrogen (secondary N) is 1. The lowest BCUT2D eigenvalue weighted by Gasteiger charge is -2.38. The van der Waals surface area contributed by atoms with E-state index in [-0.39, 0.29) is 17.0 Å². The van der Waals surface area contributed by atoms with Crippen LogP contribution >= 0.6 is 15.9 Å². The molecule has 0 spiro atoms. The third-order valence-corrected chi connectivity index (χ3v) is 6.55. The molecule has 2 aromatic carbocycles. The lowest BCUT2D eigenvalue weighted by Crippen LogP contribution is -2.48. The number of rotatable bonds is 6. The zero-order valence-electron chi connectivity index (χ0n) is 14.6. The molecule has 1 aliphatic heterocycles. The highest BCUT2D eigenvalue weighted by molar-refractivity contribution is 9.10. The van der Waals surface area contributed by atoms with E-state index in [0.29, 0.717) is 13.2 Å². The second kappa shape index (κ2) is 8.63. The molecule has 0 saturated carbocycles. The van der Waals surface area contributed by atoms with E-state index in [1.54, 1.807) is 18.2 Å². The van der Waals surface area contributed by atoms with Crippen LogP contribution < -0.4 is 4.72 Å². The van der Waals surface area contributed by atoms with Gasteiger partial charge in [-0.15, -0.1) is 0 Å². The molecule has 0 aromatic heterocycles. The molecule has 1 aliphatic rings. The molecule has 2 aromatic rings. The highest BCUT2D eigenvalue weighted by atomic mass is 79.9. The van der Waals surface area contributed by atoms with Crippen LogP contribution in [0.4, 0.5) is 0 Å². The number of nitrogens with zero attached hydrogens (tertiary/aromatic N) is 1. The van der Waals surface area contributed by atoms with Crippen LogP contribution in [0.5, 0.6) is 0 Å². The van der Waals surface area contributed by atoms with E-state index in [1.807, 2.05) is 43.3 Å². The largest absolute Gasteiger partial charge is 0.379 e. The summed E-state index contributed by atoms with van der Waals surface area (Å²) in [4.78, 5) is 2.54. The first-order chi connectivity index (χ1) is 12.5. The molecule has 2 atom stereocenters. The lowest BCUT2D eigenvalue weighted by molar-refractivity contribution is 0.0105. The predicted octanol–water partition coefficient (Wildman–Crippen LogP) is 3.19. The summed E-state index contributed by atoms with van der Waals surface area (Å²) < 4.78 is 34.7. The minimum Gasteiger partial charge on any atom is -0.379 e. The average molecular weight is 439 g/mol. The van der Waals surface area contributed by atoms with Crippen molar-refractivity contribution in [3.63, 3.8) is 0 Å². The van der Waals surface area contributed by atoms with Gasteiger partial charge < -0.3 is 4.74 Å². The monoisotopic (exact) mass is 438 g/mol. The average Bonchev–Trinajstić information content (AvgIpc) is 2.63. The topological polar surface area (TPSA) is 58.6 Å². The molecule has 0 aliphatic carbocycles. The fourth-order valence-electron chi connectivity index (χ4n) is 3.33. The predicted molar refractivity (Wildman–Crippen MR) is 106 cm³/mol. The van der Waals surface area contributed by atoms with Crippen molar-refractivity contribution in [3.8, 4) is 0 Å². The van der Waals surface area contributed by atoms with Crippen molar-refractivity contribution in [1.82, 2.24) is 9.62 Å². The van der Waals surface area contributed by atoms with Gasteiger partial charge in [0.25, 0.3) is 0 Å². The lowest BCUT2D eigenvalue weighted by atomic mass is 9.99. The van der Waals surface area contributed by atoms with Crippen molar-refractivity contribution in [1.29, 1.82) is 0 Å². The molecular weight excluding hydrogens is 416 g/mol. The second-order valence-corrected chi connectivity index (χ2v) is 9.00. The molecule has 0 amide bonds. The Morgan fingerprint density at radius 2 is 1.77 bits per heavy atom. The summed E-state index contributed by atoms with van der Waals surface area (Å²) in [5.74, 6) is 0. The zero-order chi connectivity index (χ0) is 18.6. The summed E-state index contributed by atoms with van der Waals surface area (Å²) in [6, 6.07) is 16.4. The Hall–Kier alpha value is -1.25. The molecule has 7 heteroatoms. The number of benzene rings is 2. The first-order valence-electron chi connectivity index (χ1n) is 8.62. The quantitative estimate of drug-likeness (QED) is 0.751. The van der Waals surface area contributed by atoms with Gasteiger partial charge in [-0.2, -0.15) is 0 Å². The molecule has 0 unspecified atom stereocenters. The van der Waals surface area contributed by atoms with Gasteiger partial charge >= 0.3 is 0 Å². The molecule has 0 bridgehead atoms. The first kappa shape index (κ1) is 19.5. The summed E-state index contributed by atoms with van der Waals surface area (Å²) in [5.41, 5.74) is 1.10.